The maximum Gasteiger partial charge on any atom is 0.0354 e. The van der Waals surface area contributed by atoms with Crippen LogP contribution in [-0.4, -0.2) is 18.0 Å². The molecule has 0 saturated heterocycles. The van der Waals surface area contributed by atoms with Gasteiger partial charge in [-0.3, -0.25) is 4.90 Å². The lowest BCUT2D eigenvalue weighted by Crippen LogP contribution is -2.31. The normalized spacial score (nSPS) is 12.5. The van der Waals surface area contributed by atoms with E-state index in [9.17, 15) is 0 Å². The van der Waals surface area contributed by atoms with Gasteiger partial charge in [0.1, 0.15) is 0 Å². The van der Waals surface area contributed by atoms with Gasteiger partial charge in [0.25, 0.3) is 0 Å². The van der Waals surface area contributed by atoms with Gasteiger partial charge in [-0.15, -0.1) is 0 Å². The van der Waals surface area contributed by atoms with Gasteiger partial charge in [0.05, 0.1) is 0 Å². The quantitative estimate of drug-likeness (QED) is 0.0930. The third kappa shape index (κ3) is 16.2. The molecule has 234 valence electrons. The number of hydrogen-bond acceptors (Lipinski definition) is 1. The van der Waals surface area contributed by atoms with Gasteiger partial charge in [-0.2, -0.15) is 0 Å². The molecular formula is C40H69N. The fraction of sp³-hybridized carbons (Fsp3) is 0.750. The fourth-order valence-corrected chi connectivity index (χ4v) is 6.69. The number of nitrogens with zero attached hydrogens (tertiary/aromatic N) is 1. The van der Waals surface area contributed by atoms with Crippen LogP contribution in [0.25, 0.3) is 10.8 Å². The second-order valence-electron chi connectivity index (χ2n) is 13.0. The van der Waals surface area contributed by atoms with Gasteiger partial charge in [-0.05, 0) is 48.7 Å². The van der Waals surface area contributed by atoms with Crippen LogP contribution in [-0.2, 0) is 0 Å². The summed E-state index contributed by atoms with van der Waals surface area (Å²) in [6.07, 6.45) is 33.6. The predicted molar refractivity (Wildman–Crippen MR) is 186 cm³/mol. The van der Waals surface area contributed by atoms with E-state index in [2.05, 4.69) is 68.1 Å². The second kappa shape index (κ2) is 25.2. The number of unbranched alkanes of at least 4 members (excludes halogenated alkanes) is 20. The van der Waals surface area contributed by atoms with E-state index in [4.69, 9.17) is 0 Å². The monoisotopic (exact) mass is 564 g/mol. The molecule has 2 rings (SSSR count). The van der Waals surface area contributed by atoms with Crippen molar-refractivity contribution in [2.45, 2.75) is 181 Å². The maximum absolute atomic E-state index is 2.94. The Labute approximate surface area is 257 Å². The van der Waals surface area contributed by atoms with Gasteiger partial charge in [0.15, 0.2) is 0 Å². The zero-order chi connectivity index (χ0) is 29.2. The molecule has 0 heterocycles. The molecule has 2 aromatic carbocycles. The number of benzene rings is 2. The summed E-state index contributed by atoms with van der Waals surface area (Å²) in [5.74, 6) is 0. The van der Waals surface area contributed by atoms with Gasteiger partial charge in [-0.25, -0.2) is 0 Å². The summed E-state index contributed by atoms with van der Waals surface area (Å²) in [4.78, 5) is 2.94. The highest BCUT2D eigenvalue weighted by atomic mass is 15.1. The molecule has 0 radical (unpaired) electrons. The predicted octanol–water partition coefficient (Wildman–Crippen LogP) is 13.6. The van der Waals surface area contributed by atoms with E-state index in [-0.39, 0.29) is 0 Å². The fourth-order valence-electron chi connectivity index (χ4n) is 6.69. The van der Waals surface area contributed by atoms with Crippen molar-refractivity contribution in [3.05, 3.63) is 48.0 Å². The average Bonchev–Trinajstić information content (AvgIpc) is 3.00. The van der Waals surface area contributed by atoms with Crippen molar-refractivity contribution in [3.63, 3.8) is 0 Å². The molecule has 0 aliphatic heterocycles. The highest BCUT2D eigenvalue weighted by Crippen LogP contribution is 2.33. The smallest absolute Gasteiger partial charge is 0.0354 e. The van der Waals surface area contributed by atoms with Gasteiger partial charge in [-0.1, -0.05) is 198 Å². The van der Waals surface area contributed by atoms with Crippen LogP contribution in [0.2, 0.25) is 0 Å². The first-order valence-corrected chi connectivity index (χ1v) is 18.5. The van der Waals surface area contributed by atoms with Crippen LogP contribution in [0.4, 0.5) is 0 Å². The zero-order valence-electron chi connectivity index (χ0n) is 28.0. The molecule has 0 aliphatic carbocycles. The van der Waals surface area contributed by atoms with Gasteiger partial charge in [0, 0.05) is 6.04 Å². The molecule has 1 nitrogen and oxygen atoms in total. The molecule has 0 fully saturated rings. The first kappa shape index (κ1) is 35.9. The third-order valence-electron chi connectivity index (χ3n) is 9.30. The van der Waals surface area contributed by atoms with Crippen molar-refractivity contribution < 1.29 is 0 Å². The Bertz CT molecular complexity index is 816. The van der Waals surface area contributed by atoms with Crippen LogP contribution in [0.5, 0.6) is 0 Å². The molecule has 0 spiro atoms. The van der Waals surface area contributed by atoms with Crippen molar-refractivity contribution in [2.24, 2.45) is 0 Å². The summed E-state index contributed by atoms with van der Waals surface area (Å²) < 4.78 is 0. The number of rotatable bonds is 28. The molecule has 1 heteroatoms. The summed E-state index contributed by atoms with van der Waals surface area (Å²) in [5.41, 5.74) is 1.59. The summed E-state index contributed by atoms with van der Waals surface area (Å²) in [5, 5.41) is 2.90. The molecule has 0 aliphatic rings. The lowest BCUT2D eigenvalue weighted by atomic mass is 9.92. The molecular weight excluding hydrogens is 494 g/mol. The second-order valence-corrected chi connectivity index (χ2v) is 13.0. The first-order valence-electron chi connectivity index (χ1n) is 18.5. The minimum atomic E-state index is 0.561. The van der Waals surface area contributed by atoms with Crippen LogP contribution >= 0.6 is 0 Å². The van der Waals surface area contributed by atoms with E-state index < -0.39 is 0 Å². The van der Waals surface area contributed by atoms with E-state index >= 15 is 0 Å². The number of fused-ring (bicyclic) bond motifs is 1. The standard InChI is InChI=1S/C40H69N/c1-4-7-10-13-16-19-22-27-35-41(36-28-23-20-17-14-11-8-5-2)40(34-24-21-18-15-12-9-6-3)39-33-29-31-37-30-25-26-32-38(37)39/h25-26,29-33,40H,4-24,27-28,34-36H2,1-3H3. The minimum Gasteiger partial charge on any atom is -0.296 e. The molecule has 2 aromatic rings. The largest absolute Gasteiger partial charge is 0.296 e. The molecule has 0 bridgehead atoms. The van der Waals surface area contributed by atoms with Crippen molar-refractivity contribution in [3.8, 4) is 0 Å². The van der Waals surface area contributed by atoms with Crippen molar-refractivity contribution >= 4 is 10.8 Å². The highest BCUT2D eigenvalue weighted by Gasteiger charge is 2.21. The molecule has 0 amide bonds. The van der Waals surface area contributed by atoms with Crippen LogP contribution in [0.15, 0.2) is 42.5 Å². The maximum atomic E-state index is 2.94. The van der Waals surface area contributed by atoms with Gasteiger partial charge >= 0.3 is 0 Å². The average molecular weight is 564 g/mol. The summed E-state index contributed by atoms with van der Waals surface area (Å²) in [7, 11) is 0. The Morgan fingerprint density at radius 2 is 0.854 bits per heavy atom. The Balaban J connectivity index is 2.04. The molecule has 0 aromatic heterocycles. The Morgan fingerprint density at radius 1 is 0.439 bits per heavy atom. The Kier molecular flexibility index (Phi) is 22.0. The third-order valence-corrected chi connectivity index (χ3v) is 9.30. The highest BCUT2D eigenvalue weighted by molar-refractivity contribution is 5.86. The molecule has 41 heavy (non-hydrogen) atoms. The van der Waals surface area contributed by atoms with Gasteiger partial charge < -0.3 is 0 Å². The summed E-state index contributed by atoms with van der Waals surface area (Å²) in [6, 6.07) is 16.8. The Morgan fingerprint density at radius 3 is 1.37 bits per heavy atom. The Hall–Kier alpha value is -1.34. The van der Waals surface area contributed by atoms with E-state index in [1.54, 1.807) is 5.56 Å². The van der Waals surface area contributed by atoms with Crippen LogP contribution in [0, 0.1) is 0 Å². The lowest BCUT2D eigenvalue weighted by molar-refractivity contribution is 0.177. The SMILES string of the molecule is CCCCCCCCCCN(CCCCCCCCCC)C(CCCCCCCCC)c1cccc2ccccc12. The molecule has 0 saturated carbocycles. The summed E-state index contributed by atoms with van der Waals surface area (Å²) >= 11 is 0. The summed E-state index contributed by atoms with van der Waals surface area (Å²) in [6.45, 7) is 9.51. The van der Waals surface area contributed by atoms with Crippen LogP contribution in [0.1, 0.15) is 186 Å². The van der Waals surface area contributed by atoms with E-state index in [0.29, 0.717) is 6.04 Å². The first-order chi connectivity index (χ1) is 20.3. The van der Waals surface area contributed by atoms with E-state index in [1.807, 2.05) is 0 Å². The molecule has 0 N–H and O–H groups in total. The van der Waals surface area contributed by atoms with Crippen LogP contribution < -0.4 is 0 Å². The zero-order valence-corrected chi connectivity index (χ0v) is 28.0. The van der Waals surface area contributed by atoms with Crippen LogP contribution in [0.3, 0.4) is 0 Å². The van der Waals surface area contributed by atoms with E-state index in [1.165, 1.54) is 178 Å². The molecule has 1 unspecified atom stereocenters. The van der Waals surface area contributed by atoms with Crippen molar-refractivity contribution in [2.75, 3.05) is 13.1 Å². The number of hydrogen-bond donors (Lipinski definition) is 0. The minimum absolute atomic E-state index is 0.561. The van der Waals surface area contributed by atoms with Crippen molar-refractivity contribution in [1.82, 2.24) is 4.90 Å². The molecule has 1 atom stereocenters. The topological polar surface area (TPSA) is 3.24 Å². The lowest BCUT2D eigenvalue weighted by Gasteiger charge is -2.33. The van der Waals surface area contributed by atoms with E-state index in [0.717, 1.165) is 0 Å². The van der Waals surface area contributed by atoms with Crippen molar-refractivity contribution in [1.29, 1.82) is 0 Å². The van der Waals surface area contributed by atoms with Gasteiger partial charge in [0.2, 0.25) is 0 Å².